The average Bonchev–Trinajstić information content (AvgIpc) is 3.28. The molecule has 2 saturated heterocycles. The highest BCUT2D eigenvalue weighted by Crippen LogP contribution is 2.54. The highest BCUT2D eigenvalue weighted by molar-refractivity contribution is 8.00. The van der Waals surface area contributed by atoms with Crippen molar-refractivity contribution in [3.05, 3.63) is 54.1 Å². The van der Waals surface area contributed by atoms with Crippen LogP contribution in [0.25, 0.3) is 0 Å². The summed E-state index contributed by atoms with van der Waals surface area (Å²) in [6, 6.07) is 14.7. The zero-order chi connectivity index (χ0) is 19.7. The Bertz CT molecular complexity index is 905. The number of ether oxygens (including phenoxy) is 2. The number of hydrogen-bond donors (Lipinski definition) is 1. The van der Waals surface area contributed by atoms with Crippen LogP contribution in [0.5, 0.6) is 11.5 Å². The molecule has 2 heterocycles. The van der Waals surface area contributed by atoms with E-state index in [4.69, 9.17) is 9.47 Å². The third-order valence-electron chi connectivity index (χ3n) is 5.32. The van der Waals surface area contributed by atoms with E-state index in [-0.39, 0.29) is 11.8 Å². The van der Waals surface area contributed by atoms with E-state index in [1.807, 2.05) is 30.3 Å². The van der Waals surface area contributed by atoms with E-state index in [0.717, 1.165) is 12.0 Å². The summed E-state index contributed by atoms with van der Waals surface area (Å²) in [4.78, 5) is 27.1. The normalized spacial score (nSPS) is 23.4. The van der Waals surface area contributed by atoms with Crippen molar-refractivity contribution in [2.45, 2.75) is 23.8 Å². The van der Waals surface area contributed by atoms with E-state index in [9.17, 15) is 9.59 Å². The van der Waals surface area contributed by atoms with Crippen LogP contribution in [-0.4, -0.2) is 42.7 Å². The van der Waals surface area contributed by atoms with Crippen LogP contribution in [0.1, 0.15) is 18.4 Å². The monoisotopic (exact) mass is 398 g/mol. The van der Waals surface area contributed by atoms with E-state index < -0.39 is 10.9 Å². The van der Waals surface area contributed by atoms with Gasteiger partial charge in [-0.15, -0.1) is 11.8 Å². The van der Waals surface area contributed by atoms with Crippen LogP contribution in [0.15, 0.2) is 48.5 Å². The number of nitrogens with one attached hydrogen (secondary N) is 1. The summed E-state index contributed by atoms with van der Waals surface area (Å²) in [5.41, 5.74) is 1.63. The highest BCUT2D eigenvalue weighted by Gasteiger charge is 2.56. The fraction of sp³-hybridized carbons (Fsp3) is 0.333. The number of benzene rings is 2. The number of rotatable bonds is 5. The first kappa shape index (κ1) is 18.7. The topological polar surface area (TPSA) is 67.9 Å². The van der Waals surface area contributed by atoms with Crippen LogP contribution in [0, 0.1) is 0 Å². The fourth-order valence-corrected chi connectivity index (χ4v) is 5.60. The van der Waals surface area contributed by atoms with Crippen molar-refractivity contribution in [3.8, 4) is 11.5 Å². The lowest BCUT2D eigenvalue weighted by Gasteiger charge is -2.34. The maximum absolute atomic E-state index is 13.1. The summed E-state index contributed by atoms with van der Waals surface area (Å²) >= 11 is 1.67. The van der Waals surface area contributed by atoms with Crippen LogP contribution in [0.4, 0.5) is 5.69 Å². The van der Waals surface area contributed by atoms with Gasteiger partial charge in [-0.2, -0.15) is 0 Å². The molecule has 2 aromatic carbocycles. The van der Waals surface area contributed by atoms with E-state index >= 15 is 0 Å². The molecule has 0 saturated carbocycles. The number of anilines is 1. The third-order valence-corrected chi connectivity index (χ3v) is 6.92. The van der Waals surface area contributed by atoms with Gasteiger partial charge in [0.2, 0.25) is 11.8 Å². The average molecular weight is 398 g/mol. The van der Waals surface area contributed by atoms with E-state index in [0.29, 0.717) is 29.4 Å². The second kappa shape index (κ2) is 7.39. The van der Waals surface area contributed by atoms with E-state index in [1.165, 1.54) is 0 Å². The first-order valence-electron chi connectivity index (χ1n) is 9.13. The molecule has 2 aromatic rings. The molecule has 0 spiro atoms. The van der Waals surface area contributed by atoms with Crippen molar-refractivity contribution in [1.29, 1.82) is 0 Å². The molecule has 2 atom stereocenters. The molecular weight excluding hydrogens is 376 g/mol. The maximum atomic E-state index is 13.1. The molecule has 6 nitrogen and oxygen atoms in total. The Hall–Kier alpha value is -2.67. The molecule has 1 N–H and O–H groups in total. The molecule has 28 heavy (non-hydrogen) atoms. The third kappa shape index (κ3) is 2.99. The molecule has 4 rings (SSSR count). The summed E-state index contributed by atoms with van der Waals surface area (Å²) < 4.78 is 10.6. The highest BCUT2D eigenvalue weighted by atomic mass is 32.2. The first-order valence-corrected chi connectivity index (χ1v) is 10.1. The number of amides is 2. The molecule has 0 aliphatic carbocycles. The van der Waals surface area contributed by atoms with Crippen molar-refractivity contribution in [3.63, 3.8) is 0 Å². The minimum Gasteiger partial charge on any atom is -0.497 e. The Morgan fingerprint density at radius 3 is 2.68 bits per heavy atom. The molecule has 146 valence electrons. The Labute approximate surface area is 168 Å². The van der Waals surface area contributed by atoms with Crippen molar-refractivity contribution in [2.24, 2.45) is 0 Å². The molecule has 2 fully saturated rings. The zero-order valence-electron chi connectivity index (χ0n) is 15.8. The van der Waals surface area contributed by atoms with E-state index in [2.05, 4.69) is 5.32 Å². The second-order valence-corrected chi connectivity index (χ2v) is 8.09. The molecule has 2 aliphatic rings. The molecular formula is C21H22N2O4S. The van der Waals surface area contributed by atoms with Gasteiger partial charge in [-0.05, 0) is 24.1 Å². The van der Waals surface area contributed by atoms with Gasteiger partial charge in [0.05, 0.1) is 19.9 Å². The summed E-state index contributed by atoms with van der Waals surface area (Å²) in [5, 5.41) is 2.93. The summed E-state index contributed by atoms with van der Waals surface area (Å²) in [6.07, 6.45) is 1.17. The Morgan fingerprint density at radius 1 is 1.18 bits per heavy atom. The minimum atomic E-state index is -0.521. The Morgan fingerprint density at radius 2 is 1.96 bits per heavy atom. The van der Waals surface area contributed by atoms with Gasteiger partial charge in [0.15, 0.2) is 0 Å². The van der Waals surface area contributed by atoms with Gasteiger partial charge in [0.25, 0.3) is 0 Å². The predicted molar refractivity (Wildman–Crippen MR) is 109 cm³/mol. The number of methoxy groups -OCH3 is 2. The fourth-order valence-electron chi connectivity index (χ4n) is 3.95. The van der Waals surface area contributed by atoms with Gasteiger partial charge < -0.3 is 19.7 Å². The SMILES string of the molecule is COc1ccc(NC(=O)[C@H]2CS[C@@]3(c4ccccc4)CCC(=O)N23)c(OC)c1. The quantitative estimate of drug-likeness (QED) is 0.838. The number of nitrogens with zero attached hydrogens (tertiary/aromatic N) is 1. The molecule has 0 unspecified atom stereocenters. The van der Waals surface area contributed by atoms with Crippen LogP contribution in [-0.2, 0) is 14.5 Å². The van der Waals surface area contributed by atoms with Gasteiger partial charge in [-0.3, -0.25) is 9.59 Å². The second-order valence-electron chi connectivity index (χ2n) is 6.80. The number of thioether (sulfide) groups is 1. The lowest BCUT2D eigenvalue weighted by molar-refractivity contribution is -0.136. The van der Waals surface area contributed by atoms with Gasteiger partial charge >= 0.3 is 0 Å². The standard InChI is InChI=1S/C21H22N2O4S/c1-26-15-8-9-16(18(12-15)27-2)22-20(25)17-13-28-21(11-10-19(24)23(17)21)14-6-4-3-5-7-14/h3-9,12,17H,10-11,13H2,1-2H3,(H,22,25)/t17-,21-/m1/s1. The minimum absolute atomic E-state index is 0.0238. The number of hydrogen-bond acceptors (Lipinski definition) is 5. The van der Waals surface area contributed by atoms with Gasteiger partial charge in [0.1, 0.15) is 22.4 Å². The first-order chi connectivity index (χ1) is 13.6. The largest absolute Gasteiger partial charge is 0.497 e. The van der Waals surface area contributed by atoms with E-state index in [1.54, 1.807) is 49.1 Å². The molecule has 0 radical (unpaired) electrons. The van der Waals surface area contributed by atoms with Crippen molar-refractivity contribution < 1.29 is 19.1 Å². The van der Waals surface area contributed by atoms with Gasteiger partial charge in [-0.1, -0.05) is 30.3 Å². The molecule has 2 aliphatic heterocycles. The summed E-state index contributed by atoms with van der Waals surface area (Å²) in [5.74, 6) is 1.54. The molecule has 0 aromatic heterocycles. The van der Waals surface area contributed by atoms with Crippen molar-refractivity contribution >= 4 is 29.3 Å². The van der Waals surface area contributed by atoms with Crippen LogP contribution in [0.3, 0.4) is 0 Å². The van der Waals surface area contributed by atoms with Crippen LogP contribution >= 0.6 is 11.8 Å². The van der Waals surface area contributed by atoms with Crippen molar-refractivity contribution in [2.75, 3.05) is 25.3 Å². The van der Waals surface area contributed by atoms with Gasteiger partial charge in [-0.25, -0.2) is 0 Å². The molecule has 0 bridgehead atoms. The Kier molecular flexibility index (Phi) is 4.93. The Balaban J connectivity index is 1.60. The number of fused-ring (bicyclic) bond motifs is 1. The predicted octanol–water partition coefficient (Wildman–Crippen LogP) is 3.23. The molecule has 7 heteroatoms. The summed E-state index contributed by atoms with van der Waals surface area (Å²) in [6.45, 7) is 0. The lowest BCUT2D eigenvalue weighted by Crippen LogP contribution is -2.48. The van der Waals surface area contributed by atoms with Crippen LogP contribution in [0.2, 0.25) is 0 Å². The lowest BCUT2D eigenvalue weighted by atomic mass is 10.0. The smallest absolute Gasteiger partial charge is 0.248 e. The van der Waals surface area contributed by atoms with Crippen molar-refractivity contribution in [1.82, 2.24) is 4.90 Å². The number of carbonyl (C=O) groups excluding carboxylic acids is 2. The maximum Gasteiger partial charge on any atom is 0.248 e. The summed E-state index contributed by atoms with van der Waals surface area (Å²) in [7, 11) is 3.12. The molecule has 2 amide bonds. The zero-order valence-corrected chi connectivity index (χ0v) is 16.6. The van der Waals surface area contributed by atoms with Crippen LogP contribution < -0.4 is 14.8 Å². The number of carbonyl (C=O) groups is 2. The van der Waals surface area contributed by atoms with Gasteiger partial charge in [0, 0.05) is 18.2 Å².